The maximum Gasteiger partial charge on any atom is 0.243 e. The summed E-state index contributed by atoms with van der Waals surface area (Å²) < 4.78 is 32.4. The highest BCUT2D eigenvalue weighted by atomic mass is 32.2. The highest BCUT2D eigenvalue weighted by Crippen LogP contribution is 2.31. The van der Waals surface area contributed by atoms with Crippen molar-refractivity contribution in [2.24, 2.45) is 0 Å². The Morgan fingerprint density at radius 1 is 1.19 bits per heavy atom. The summed E-state index contributed by atoms with van der Waals surface area (Å²) in [6.45, 7) is 4.95. The van der Waals surface area contributed by atoms with Crippen molar-refractivity contribution < 1.29 is 12.8 Å². The van der Waals surface area contributed by atoms with E-state index in [0.29, 0.717) is 18.0 Å². The number of nitrogens with zero attached hydrogens (tertiary/aromatic N) is 1. The van der Waals surface area contributed by atoms with Gasteiger partial charge < -0.3 is 4.42 Å². The van der Waals surface area contributed by atoms with Gasteiger partial charge in [-0.3, -0.25) is 0 Å². The summed E-state index contributed by atoms with van der Waals surface area (Å²) >= 11 is 0. The summed E-state index contributed by atoms with van der Waals surface area (Å²) in [5.41, 5.74) is 2.10. The number of rotatable bonds is 3. The van der Waals surface area contributed by atoms with Gasteiger partial charge in [0.25, 0.3) is 0 Å². The third-order valence-electron chi connectivity index (χ3n) is 4.21. The third-order valence-corrected chi connectivity index (χ3v) is 6.07. The molecule has 2 heterocycles. The van der Waals surface area contributed by atoms with Crippen LogP contribution in [0, 0.1) is 13.8 Å². The van der Waals surface area contributed by atoms with Crippen LogP contribution in [0.25, 0.3) is 0 Å². The van der Waals surface area contributed by atoms with E-state index >= 15 is 0 Å². The van der Waals surface area contributed by atoms with Crippen molar-refractivity contribution in [3.8, 4) is 0 Å². The quantitative estimate of drug-likeness (QED) is 0.875. The minimum absolute atomic E-state index is 0.154. The Labute approximate surface area is 125 Å². The van der Waals surface area contributed by atoms with Crippen LogP contribution in [0.4, 0.5) is 0 Å². The molecule has 0 radical (unpaired) electrons. The molecule has 0 amide bonds. The van der Waals surface area contributed by atoms with E-state index in [0.717, 1.165) is 23.3 Å². The number of benzene rings is 1. The molecule has 21 heavy (non-hydrogen) atoms. The SMILES string of the molecule is Cc1ccc(S(=O)(=O)N2CCC(c3ccco3)C2)cc1C. The first kappa shape index (κ1) is 14.4. The van der Waals surface area contributed by atoms with E-state index in [1.165, 1.54) is 0 Å². The van der Waals surface area contributed by atoms with Gasteiger partial charge in [0, 0.05) is 19.0 Å². The van der Waals surface area contributed by atoms with E-state index in [1.807, 2.05) is 32.0 Å². The first-order chi connectivity index (χ1) is 9.98. The molecule has 1 aliphatic heterocycles. The Morgan fingerprint density at radius 3 is 2.67 bits per heavy atom. The summed E-state index contributed by atoms with van der Waals surface area (Å²) in [4.78, 5) is 0.380. The molecule has 1 saturated heterocycles. The first-order valence-corrected chi connectivity index (χ1v) is 8.53. The number of hydrogen-bond donors (Lipinski definition) is 0. The summed E-state index contributed by atoms with van der Waals surface area (Å²) in [5.74, 6) is 1.02. The number of sulfonamides is 1. The normalized spacial score (nSPS) is 20.0. The fourth-order valence-electron chi connectivity index (χ4n) is 2.73. The molecular weight excluding hydrogens is 286 g/mol. The maximum atomic E-state index is 12.7. The maximum absolute atomic E-state index is 12.7. The highest BCUT2D eigenvalue weighted by molar-refractivity contribution is 7.89. The van der Waals surface area contributed by atoms with Crippen molar-refractivity contribution >= 4 is 10.0 Å². The van der Waals surface area contributed by atoms with Crippen molar-refractivity contribution in [2.75, 3.05) is 13.1 Å². The van der Waals surface area contributed by atoms with E-state index in [9.17, 15) is 8.42 Å². The lowest BCUT2D eigenvalue weighted by atomic mass is 10.1. The zero-order valence-corrected chi connectivity index (χ0v) is 13.1. The van der Waals surface area contributed by atoms with Crippen LogP contribution < -0.4 is 0 Å². The zero-order chi connectivity index (χ0) is 15.0. The van der Waals surface area contributed by atoms with Gasteiger partial charge in [-0.25, -0.2) is 8.42 Å². The summed E-state index contributed by atoms with van der Waals surface area (Å²) in [6.07, 6.45) is 2.44. The molecule has 4 nitrogen and oxygen atoms in total. The highest BCUT2D eigenvalue weighted by Gasteiger charge is 2.34. The molecular formula is C16H19NO3S. The van der Waals surface area contributed by atoms with Crippen molar-refractivity contribution in [1.29, 1.82) is 0 Å². The largest absolute Gasteiger partial charge is 0.469 e. The second-order valence-corrected chi connectivity index (χ2v) is 7.55. The molecule has 2 aromatic rings. The lowest BCUT2D eigenvalue weighted by molar-refractivity contribution is 0.445. The van der Waals surface area contributed by atoms with Crippen LogP contribution in [0.15, 0.2) is 45.9 Å². The summed E-state index contributed by atoms with van der Waals surface area (Å²) in [6, 6.07) is 9.07. The van der Waals surface area contributed by atoms with E-state index in [2.05, 4.69) is 0 Å². The van der Waals surface area contributed by atoms with Gasteiger partial charge >= 0.3 is 0 Å². The van der Waals surface area contributed by atoms with Gasteiger partial charge in [0.1, 0.15) is 5.76 Å². The van der Waals surface area contributed by atoms with Crippen LogP contribution in [0.3, 0.4) is 0 Å². The van der Waals surface area contributed by atoms with E-state index in [4.69, 9.17) is 4.42 Å². The molecule has 1 atom stereocenters. The van der Waals surface area contributed by atoms with Crippen molar-refractivity contribution in [3.05, 3.63) is 53.5 Å². The zero-order valence-electron chi connectivity index (χ0n) is 12.2. The molecule has 0 N–H and O–H groups in total. The molecule has 0 saturated carbocycles. The smallest absolute Gasteiger partial charge is 0.243 e. The molecule has 3 rings (SSSR count). The molecule has 0 aliphatic carbocycles. The van der Waals surface area contributed by atoms with Gasteiger partial charge in [0.2, 0.25) is 10.0 Å². The van der Waals surface area contributed by atoms with Gasteiger partial charge in [-0.2, -0.15) is 4.31 Å². The Kier molecular flexibility index (Phi) is 3.63. The Bertz CT molecular complexity index is 735. The average molecular weight is 305 g/mol. The Balaban J connectivity index is 1.84. The molecule has 1 aromatic heterocycles. The lowest BCUT2D eigenvalue weighted by Crippen LogP contribution is -2.28. The minimum Gasteiger partial charge on any atom is -0.469 e. The van der Waals surface area contributed by atoms with Gasteiger partial charge in [0.05, 0.1) is 11.2 Å². The fourth-order valence-corrected chi connectivity index (χ4v) is 4.31. The third kappa shape index (κ3) is 2.63. The number of furan rings is 1. The summed E-state index contributed by atoms with van der Waals surface area (Å²) in [5, 5.41) is 0. The predicted molar refractivity (Wildman–Crippen MR) is 80.7 cm³/mol. The number of aryl methyl sites for hydroxylation is 2. The molecule has 1 aliphatic rings. The van der Waals surface area contributed by atoms with E-state index in [1.54, 1.807) is 22.7 Å². The topological polar surface area (TPSA) is 50.5 Å². The second kappa shape index (κ2) is 5.31. The molecule has 0 spiro atoms. The van der Waals surface area contributed by atoms with Gasteiger partial charge in [-0.1, -0.05) is 6.07 Å². The van der Waals surface area contributed by atoms with Crippen molar-refractivity contribution in [2.45, 2.75) is 31.1 Å². The van der Waals surface area contributed by atoms with Crippen LogP contribution in [0.2, 0.25) is 0 Å². The number of hydrogen-bond acceptors (Lipinski definition) is 3. The standard InChI is InChI=1S/C16H19NO3S/c1-12-5-6-15(10-13(12)2)21(18,19)17-8-7-14(11-17)16-4-3-9-20-16/h3-6,9-10,14H,7-8,11H2,1-2H3. The molecule has 1 fully saturated rings. The molecule has 1 aromatic carbocycles. The van der Waals surface area contributed by atoms with Crippen LogP contribution >= 0.6 is 0 Å². The lowest BCUT2D eigenvalue weighted by Gasteiger charge is -2.17. The van der Waals surface area contributed by atoms with Crippen molar-refractivity contribution in [1.82, 2.24) is 4.31 Å². The minimum atomic E-state index is -3.41. The second-order valence-electron chi connectivity index (χ2n) is 5.61. The van der Waals surface area contributed by atoms with Crippen LogP contribution in [-0.4, -0.2) is 25.8 Å². The summed E-state index contributed by atoms with van der Waals surface area (Å²) in [7, 11) is -3.41. The Hall–Kier alpha value is -1.59. The Morgan fingerprint density at radius 2 is 2.00 bits per heavy atom. The van der Waals surface area contributed by atoms with E-state index < -0.39 is 10.0 Å². The first-order valence-electron chi connectivity index (χ1n) is 7.09. The fraction of sp³-hybridized carbons (Fsp3) is 0.375. The van der Waals surface area contributed by atoms with Crippen LogP contribution in [-0.2, 0) is 10.0 Å². The van der Waals surface area contributed by atoms with Crippen LogP contribution in [0.1, 0.15) is 29.2 Å². The van der Waals surface area contributed by atoms with Crippen LogP contribution in [0.5, 0.6) is 0 Å². The molecule has 1 unspecified atom stereocenters. The van der Waals surface area contributed by atoms with Gasteiger partial charge in [-0.15, -0.1) is 0 Å². The monoisotopic (exact) mass is 305 g/mol. The molecule has 5 heteroatoms. The van der Waals surface area contributed by atoms with E-state index in [-0.39, 0.29) is 5.92 Å². The average Bonchev–Trinajstić information content (AvgIpc) is 3.11. The molecule has 112 valence electrons. The molecule has 0 bridgehead atoms. The van der Waals surface area contributed by atoms with Crippen molar-refractivity contribution in [3.63, 3.8) is 0 Å². The van der Waals surface area contributed by atoms with Gasteiger partial charge in [0.15, 0.2) is 0 Å². The van der Waals surface area contributed by atoms with Gasteiger partial charge in [-0.05, 0) is 55.7 Å². The predicted octanol–water partition coefficient (Wildman–Crippen LogP) is 3.07.